The summed E-state index contributed by atoms with van der Waals surface area (Å²) in [4.78, 5) is 0. The standard InChI is InChI=1S/C10H21NO2/c1-3-8(2)11-6-10(12)9-4-5-13-7-9/h8-12H,3-7H2,1-2H3. The van der Waals surface area contributed by atoms with Crippen LogP contribution in [-0.2, 0) is 4.74 Å². The maximum Gasteiger partial charge on any atom is 0.0715 e. The van der Waals surface area contributed by atoms with E-state index in [1.165, 1.54) is 0 Å². The summed E-state index contributed by atoms with van der Waals surface area (Å²) in [6.07, 6.45) is 1.87. The fourth-order valence-corrected chi connectivity index (χ4v) is 1.49. The maximum absolute atomic E-state index is 9.75. The van der Waals surface area contributed by atoms with Crippen molar-refractivity contribution in [3.8, 4) is 0 Å². The summed E-state index contributed by atoms with van der Waals surface area (Å²) in [5, 5.41) is 13.1. The second-order valence-electron chi connectivity index (χ2n) is 3.91. The van der Waals surface area contributed by atoms with Gasteiger partial charge in [-0.25, -0.2) is 0 Å². The van der Waals surface area contributed by atoms with E-state index in [1.54, 1.807) is 0 Å². The molecule has 0 aromatic rings. The molecule has 1 heterocycles. The van der Waals surface area contributed by atoms with Crippen molar-refractivity contribution < 1.29 is 9.84 Å². The van der Waals surface area contributed by atoms with E-state index in [4.69, 9.17) is 4.74 Å². The van der Waals surface area contributed by atoms with E-state index in [0.717, 1.165) is 26.1 Å². The second kappa shape index (κ2) is 5.58. The average molecular weight is 187 g/mol. The number of aliphatic hydroxyl groups excluding tert-OH is 1. The summed E-state index contributed by atoms with van der Waals surface area (Å²) in [6.45, 7) is 6.51. The largest absolute Gasteiger partial charge is 0.391 e. The highest BCUT2D eigenvalue weighted by Gasteiger charge is 2.23. The molecule has 3 unspecified atom stereocenters. The molecule has 0 bridgehead atoms. The molecule has 13 heavy (non-hydrogen) atoms. The molecule has 3 atom stereocenters. The van der Waals surface area contributed by atoms with Crippen LogP contribution in [0.4, 0.5) is 0 Å². The molecule has 0 radical (unpaired) electrons. The quantitative estimate of drug-likeness (QED) is 0.668. The smallest absolute Gasteiger partial charge is 0.0715 e. The Labute approximate surface area is 80.5 Å². The minimum atomic E-state index is -0.239. The Hall–Kier alpha value is -0.120. The van der Waals surface area contributed by atoms with Gasteiger partial charge in [-0.2, -0.15) is 0 Å². The fourth-order valence-electron chi connectivity index (χ4n) is 1.49. The molecule has 1 aliphatic rings. The summed E-state index contributed by atoms with van der Waals surface area (Å²) >= 11 is 0. The third-order valence-electron chi connectivity index (χ3n) is 2.80. The van der Waals surface area contributed by atoms with Gasteiger partial charge in [0.25, 0.3) is 0 Å². The first-order valence-corrected chi connectivity index (χ1v) is 5.23. The summed E-state index contributed by atoms with van der Waals surface area (Å²) in [5.41, 5.74) is 0. The first-order valence-electron chi connectivity index (χ1n) is 5.23. The Balaban J connectivity index is 2.12. The highest BCUT2D eigenvalue weighted by molar-refractivity contribution is 4.75. The number of aliphatic hydroxyl groups is 1. The van der Waals surface area contributed by atoms with Crippen molar-refractivity contribution in [2.45, 2.75) is 38.8 Å². The second-order valence-corrected chi connectivity index (χ2v) is 3.91. The van der Waals surface area contributed by atoms with Gasteiger partial charge in [0, 0.05) is 25.1 Å². The molecule has 3 nitrogen and oxygen atoms in total. The van der Waals surface area contributed by atoms with Crippen molar-refractivity contribution in [3.63, 3.8) is 0 Å². The zero-order valence-corrected chi connectivity index (χ0v) is 8.62. The molecule has 0 aliphatic carbocycles. The van der Waals surface area contributed by atoms with Gasteiger partial charge in [-0.05, 0) is 19.8 Å². The first-order chi connectivity index (χ1) is 6.24. The van der Waals surface area contributed by atoms with Crippen LogP contribution in [0.1, 0.15) is 26.7 Å². The number of hydrogen-bond donors (Lipinski definition) is 2. The molecule has 2 N–H and O–H groups in total. The fraction of sp³-hybridized carbons (Fsp3) is 1.00. The number of ether oxygens (including phenoxy) is 1. The molecule has 0 saturated carbocycles. The van der Waals surface area contributed by atoms with Gasteiger partial charge in [-0.1, -0.05) is 6.92 Å². The Morgan fingerprint density at radius 2 is 2.38 bits per heavy atom. The van der Waals surface area contributed by atoms with Crippen molar-refractivity contribution in [2.24, 2.45) is 5.92 Å². The van der Waals surface area contributed by atoms with E-state index in [-0.39, 0.29) is 6.10 Å². The van der Waals surface area contributed by atoms with Crippen LogP contribution < -0.4 is 5.32 Å². The van der Waals surface area contributed by atoms with Gasteiger partial charge in [-0.3, -0.25) is 0 Å². The topological polar surface area (TPSA) is 41.5 Å². The average Bonchev–Trinajstić information content (AvgIpc) is 2.66. The van der Waals surface area contributed by atoms with E-state index in [1.807, 2.05) is 0 Å². The Morgan fingerprint density at radius 1 is 1.62 bits per heavy atom. The Morgan fingerprint density at radius 3 is 2.92 bits per heavy atom. The molecule has 0 spiro atoms. The van der Waals surface area contributed by atoms with Gasteiger partial charge in [0.15, 0.2) is 0 Å². The first kappa shape index (κ1) is 11.0. The van der Waals surface area contributed by atoms with Gasteiger partial charge in [0.1, 0.15) is 0 Å². The molecule has 0 aromatic carbocycles. The summed E-state index contributed by atoms with van der Waals surface area (Å²) < 4.78 is 5.22. The monoisotopic (exact) mass is 187 g/mol. The zero-order chi connectivity index (χ0) is 9.68. The van der Waals surface area contributed by atoms with Crippen LogP contribution in [0.15, 0.2) is 0 Å². The Bertz CT molecular complexity index is 135. The summed E-state index contributed by atoms with van der Waals surface area (Å²) in [7, 11) is 0. The molecular formula is C10H21NO2. The maximum atomic E-state index is 9.75. The number of rotatable bonds is 5. The van der Waals surface area contributed by atoms with Crippen molar-refractivity contribution in [2.75, 3.05) is 19.8 Å². The van der Waals surface area contributed by atoms with Crippen LogP contribution in [0.25, 0.3) is 0 Å². The third kappa shape index (κ3) is 3.63. The highest BCUT2D eigenvalue weighted by Crippen LogP contribution is 2.16. The molecule has 1 fully saturated rings. The SMILES string of the molecule is CCC(C)NCC(O)C1CCOC1. The van der Waals surface area contributed by atoms with Crippen LogP contribution in [0.5, 0.6) is 0 Å². The lowest BCUT2D eigenvalue weighted by Gasteiger charge is -2.19. The van der Waals surface area contributed by atoms with E-state index in [9.17, 15) is 5.11 Å². The molecule has 0 amide bonds. The molecule has 1 saturated heterocycles. The molecular weight excluding hydrogens is 166 g/mol. The minimum Gasteiger partial charge on any atom is -0.391 e. The molecule has 3 heteroatoms. The lowest BCUT2D eigenvalue weighted by atomic mass is 10.0. The number of hydrogen-bond acceptors (Lipinski definition) is 3. The van der Waals surface area contributed by atoms with Crippen molar-refractivity contribution in [1.82, 2.24) is 5.32 Å². The van der Waals surface area contributed by atoms with Crippen LogP contribution in [-0.4, -0.2) is 37.0 Å². The van der Waals surface area contributed by atoms with Gasteiger partial charge < -0.3 is 15.2 Å². The van der Waals surface area contributed by atoms with Crippen LogP contribution >= 0.6 is 0 Å². The van der Waals surface area contributed by atoms with E-state index in [0.29, 0.717) is 18.5 Å². The summed E-state index contributed by atoms with van der Waals surface area (Å²) in [6, 6.07) is 0.497. The highest BCUT2D eigenvalue weighted by atomic mass is 16.5. The Kier molecular flexibility index (Phi) is 4.70. The van der Waals surface area contributed by atoms with E-state index < -0.39 is 0 Å². The molecule has 1 aliphatic heterocycles. The van der Waals surface area contributed by atoms with Crippen LogP contribution in [0.3, 0.4) is 0 Å². The third-order valence-corrected chi connectivity index (χ3v) is 2.80. The predicted octanol–water partition coefficient (Wildman–Crippen LogP) is 0.772. The lowest BCUT2D eigenvalue weighted by Crippen LogP contribution is -2.37. The van der Waals surface area contributed by atoms with Crippen molar-refractivity contribution >= 4 is 0 Å². The van der Waals surface area contributed by atoms with Gasteiger partial charge in [0.05, 0.1) is 12.7 Å². The van der Waals surface area contributed by atoms with Gasteiger partial charge in [-0.15, -0.1) is 0 Å². The van der Waals surface area contributed by atoms with E-state index in [2.05, 4.69) is 19.2 Å². The van der Waals surface area contributed by atoms with Crippen LogP contribution in [0, 0.1) is 5.92 Å². The van der Waals surface area contributed by atoms with Crippen molar-refractivity contribution in [1.29, 1.82) is 0 Å². The minimum absolute atomic E-state index is 0.239. The molecule has 1 rings (SSSR count). The molecule has 0 aromatic heterocycles. The zero-order valence-electron chi connectivity index (χ0n) is 8.62. The normalized spacial score (nSPS) is 27.5. The van der Waals surface area contributed by atoms with Crippen molar-refractivity contribution in [3.05, 3.63) is 0 Å². The lowest BCUT2D eigenvalue weighted by molar-refractivity contribution is 0.0887. The van der Waals surface area contributed by atoms with Crippen LogP contribution in [0.2, 0.25) is 0 Å². The summed E-state index contributed by atoms with van der Waals surface area (Å²) in [5.74, 6) is 0.344. The number of nitrogens with one attached hydrogen (secondary N) is 1. The molecule has 78 valence electrons. The predicted molar refractivity (Wildman–Crippen MR) is 52.7 cm³/mol. The van der Waals surface area contributed by atoms with E-state index >= 15 is 0 Å². The van der Waals surface area contributed by atoms with Gasteiger partial charge >= 0.3 is 0 Å². The van der Waals surface area contributed by atoms with Gasteiger partial charge in [0.2, 0.25) is 0 Å².